The first-order chi connectivity index (χ1) is 10.1. The van der Waals surface area contributed by atoms with Crippen LogP contribution in [0, 0.1) is 0 Å². The summed E-state index contributed by atoms with van der Waals surface area (Å²) in [7, 11) is 3.28. The van der Waals surface area contributed by atoms with Gasteiger partial charge in [0.25, 0.3) is 0 Å². The zero-order valence-electron chi connectivity index (χ0n) is 13.4. The van der Waals surface area contributed by atoms with Crippen LogP contribution in [0.3, 0.4) is 0 Å². The maximum absolute atomic E-state index is 11.7. The minimum Gasteiger partial charge on any atom is -0.497 e. The fourth-order valence-electron chi connectivity index (χ4n) is 1.89. The molecule has 5 nitrogen and oxygen atoms in total. The predicted octanol–water partition coefficient (Wildman–Crippen LogP) is 2.10. The fraction of sp³-hybridized carbons (Fsp3) is 0.562. The topological polar surface area (TPSA) is 59.6 Å². The number of methoxy groups -OCH3 is 2. The number of hydrogen-bond acceptors (Lipinski definition) is 4. The molecule has 0 spiro atoms. The van der Waals surface area contributed by atoms with Gasteiger partial charge in [0.1, 0.15) is 11.5 Å². The van der Waals surface area contributed by atoms with Crippen LogP contribution in [0.2, 0.25) is 0 Å². The number of carbonyl (C=O) groups is 1. The molecule has 1 amide bonds. The van der Waals surface area contributed by atoms with Gasteiger partial charge in [-0.15, -0.1) is 0 Å². The van der Waals surface area contributed by atoms with Gasteiger partial charge >= 0.3 is 0 Å². The number of rotatable bonds is 9. The number of amides is 1. The highest BCUT2D eigenvalue weighted by atomic mass is 16.5. The van der Waals surface area contributed by atoms with Crippen molar-refractivity contribution < 1.29 is 14.3 Å². The summed E-state index contributed by atoms with van der Waals surface area (Å²) in [4.78, 5) is 11.7. The van der Waals surface area contributed by atoms with E-state index in [0.717, 1.165) is 23.5 Å². The van der Waals surface area contributed by atoms with Gasteiger partial charge in [0.15, 0.2) is 0 Å². The van der Waals surface area contributed by atoms with Gasteiger partial charge < -0.3 is 20.1 Å². The lowest BCUT2D eigenvalue weighted by molar-refractivity contribution is -0.121. The molecule has 1 rings (SSSR count). The summed E-state index contributed by atoms with van der Waals surface area (Å²) in [6.07, 6.45) is 1.41. The molecule has 0 bridgehead atoms. The molecule has 1 unspecified atom stereocenters. The molecule has 0 aliphatic heterocycles. The summed E-state index contributed by atoms with van der Waals surface area (Å²) in [5.74, 6) is 1.68. The van der Waals surface area contributed by atoms with Gasteiger partial charge in [-0.3, -0.25) is 4.79 Å². The van der Waals surface area contributed by atoms with Gasteiger partial charge in [-0.25, -0.2) is 0 Å². The Labute approximate surface area is 127 Å². The second-order valence-corrected chi connectivity index (χ2v) is 4.98. The van der Waals surface area contributed by atoms with Crippen molar-refractivity contribution in [1.82, 2.24) is 10.6 Å². The quantitative estimate of drug-likeness (QED) is 0.685. The van der Waals surface area contributed by atoms with Crippen molar-refractivity contribution in [3.05, 3.63) is 23.8 Å². The molecular weight excluding hydrogens is 268 g/mol. The maximum atomic E-state index is 11.7. The zero-order chi connectivity index (χ0) is 15.7. The molecule has 1 atom stereocenters. The van der Waals surface area contributed by atoms with Gasteiger partial charge in [-0.05, 0) is 31.5 Å². The van der Waals surface area contributed by atoms with Crippen LogP contribution in [0.5, 0.6) is 11.5 Å². The van der Waals surface area contributed by atoms with Gasteiger partial charge in [0, 0.05) is 31.1 Å². The lowest BCUT2D eigenvalue weighted by Crippen LogP contribution is -2.33. The van der Waals surface area contributed by atoms with Gasteiger partial charge in [-0.2, -0.15) is 0 Å². The van der Waals surface area contributed by atoms with E-state index in [0.29, 0.717) is 19.5 Å². The molecule has 5 heteroatoms. The minimum absolute atomic E-state index is 0.0782. The molecule has 118 valence electrons. The predicted molar refractivity (Wildman–Crippen MR) is 83.8 cm³/mol. The first-order valence-corrected chi connectivity index (χ1v) is 7.31. The summed E-state index contributed by atoms with van der Waals surface area (Å²) in [6, 6.07) is 5.91. The van der Waals surface area contributed by atoms with E-state index in [1.54, 1.807) is 14.2 Å². The Kier molecular flexibility index (Phi) is 7.61. The Bertz CT molecular complexity index is 449. The summed E-state index contributed by atoms with van der Waals surface area (Å²) in [5, 5.41) is 6.20. The molecule has 0 radical (unpaired) electrons. The Hall–Kier alpha value is -1.75. The first kappa shape index (κ1) is 17.3. The second kappa shape index (κ2) is 9.23. The highest BCUT2D eigenvalue weighted by molar-refractivity contribution is 5.76. The number of benzene rings is 1. The standard InChI is InChI=1S/C16H26N2O3/c1-5-12(2)18-16(19)8-9-17-11-13-10-14(20-3)6-7-15(13)21-4/h6-7,10,12,17H,5,8-9,11H2,1-4H3,(H,18,19). The van der Waals surface area contributed by atoms with Crippen LogP contribution >= 0.6 is 0 Å². The van der Waals surface area contributed by atoms with Crippen molar-refractivity contribution in [2.45, 2.75) is 39.3 Å². The molecule has 0 heterocycles. The first-order valence-electron chi connectivity index (χ1n) is 7.31. The molecule has 21 heavy (non-hydrogen) atoms. The normalized spacial score (nSPS) is 11.8. The average Bonchev–Trinajstić information content (AvgIpc) is 2.51. The molecule has 1 aromatic carbocycles. The third-order valence-electron chi connectivity index (χ3n) is 3.35. The number of ether oxygens (including phenoxy) is 2. The van der Waals surface area contributed by atoms with Crippen molar-refractivity contribution in [1.29, 1.82) is 0 Å². The zero-order valence-corrected chi connectivity index (χ0v) is 13.4. The van der Waals surface area contributed by atoms with E-state index in [9.17, 15) is 4.79 Å². The van der Waals surface area contributed by atoms with E-state index >= 15 is 0 Å². The van der Waals surface area contributed by atoms with Crippen molar-refractivity contribution in [3.63, 3.8) is 0 Å². The van der Waals surface area contributed by atoms with Crippen LogP contribution in [0.1, 0.15) is 32.3 Å². The Balaban J connectivity index is 2.40. The van der Waals surface area contributed by atoms with Crippen molar-refractivity contribution in [2.75, 3.05) is 20.8 Å². The Morgan fingerprint density at radius 1 is 1.29 bits per heavy atom. The van der Waals surface area contributed by atoms with Crippen molar-refractivity contribution in [2.24, 2.45) is 0 Å². The molecule has 0 fully saturated rings. The van der Waals surface area contributed by atoms with E-state index in [1.165, 1.54) is 0 Å². The van der Waals surface area contributed by atoms with Gasteiger partial charge in [0.05, 0.1) is 14.2 Å². The summed E-state index contributed by atoms with van der Waals surface area (Å²) in [5.41, 5.74) is 1.01. The van der Waals surface area contributed by atoms with Crippen LogP contribution in [-0.4, -0.2) is 32.7 Å². The van der Waals surface area contributed by atoms with Crippen molar-refractivity contribution >= 4 is 5.91 Å². The third kappa shape index (κ3) is 6.04. The molecule has 1 aromatic rings. The fourth-order valence-corrected chi connectivity index (χ4v) is 1.89. The van der Waals surface area contributed by atoms with Crippen molar-refractivity contribution in [3.8, 4) is 11.5 Å². The maximum Gasteiger partial charge on any atom is 0.221 e. The van der Waals surface area contributed by atoms with E-state index in [-0.39, 0.29) is 11.9 Å². The molecule has 0 aliphatic rings. The lowest BCUT2D eigenvalue weighted by Gasteiger charge is -2.13. The van der Waals surface area contributed by atoms with Crippen LogP contribution in [-0.2, 0) is 11.3 Å². The van der Waals surface area contributed by atoms with Crippen LogP contribution in [0.15, 0.2) is 18.2 Å². The molecule has 0 aliphatic carbocycles. The lowest BCUT2D eigenvalue weighted by atomic mass is 10.2. The molecular formula is C16H26N2O3. The third-order valence-corrected chi connectivity index (χ3v) is 3.35. The molecule has 0 saturated heterocycles. The van der Waals surface area contributed by atoms with E-state index in [2.05, 4.69) is 17.6 Å². The highest BCUT2D eigenvalue weighted by Crippen LogP contribution is 2.23. The number of carbonyl (C=O) groups excluding carboxylic acids is 1. The van der Waals surface area contributed by atoms with Crippen LogP contribution in [0.4, 0.5) is 0 Å². The Morgan fingerprint density at radius 2 is 2.05 bits per heavy atom. The van der Waals surface area contributed by atoms with Crippen LogP contribution < -0.4 is 20.1 Å². The van der Waals surface area contributed by atoms with Gasteiger partial charge in [-0.1, -0.05) is 6.92 Å². The minimum atomic E-state index is 0.0782. The van der Waals surface area contributed by atoms with Gasteiger partial charge in [0.2, 0.25) is 5.91 Å². The van der Waals surface area contributed by atoms with E-state index < -0.39 is 0 Å². The van der Waals surface area contributed by atoms with Crippen LogP contribution in [0.25, 0.3) is 0 Å². The number of nitrogens with one attached hydrogen (secondary N) is 2. The Morgan fingerprint density at radius 3 is 2.67 bits per heavy atom. The SMILES string of the molecule is CCC(C)NC(=O)CCNCc1cc(OC)ccc1OC. The summed E-state index contributed by atoms with van der Waals surface area (Å²) < 4.78 is 10.5. The van der Waals surface area contributed by atoms with E-state index in [4.69, 9.17) is 9.47 Å². The average molecular weight is 294 g/mol. The molecule has 0 saturated carbocycles. The smallest absolute Gasteiger partial charge is 0.221 e. The second-order valence-electron chi connectivity index (χ2n) is 4.98. The largest absolute Gasteiger partial charge is 0.497 e. The monoisotopic (exact) mass is 294 g/mol. The molecule has 0 aromatic heterocycles. The summed E-state index contributed by atoms with van der Waals surface area (Å²) >= 11 is 0. The van der Waals surface area contributed by atoms with E-state index in [1.807, 2.05) is 25.1 Å². The summed E-state index contributed by atoms with van der Waals surface area (Å²) in [6.45, 7) is 5.32. The number of hydrogen-bond donors (Lipinski definition) is 2. The highest BCUT2D eigenvalue weighted by Gasteiger charge is 2.07. The molecule has 2 N–H and O–H groups in total.